The van der Waals surface area contributed by atoms with Crippen LogP contribution in [0.3, 0.4) is 0 Å². The zero-order valence-electron chi connectivity index (χ0n) is 15.4. The summed E-state index contributed by atoms with van der Waals surface area (Å²) >= 11 is 13.6. The number of amides is 1. The van der Waals surface area contributed by atoms with Crippen LogP contribution in [0.2, 0.25) is 10.0 Å². The summed E-state index contributed by atoms with van der Waals surface area (Å²) in [5.74, 6) is 1.25. The van der Waals surface area contributed by atoms with Gasteiger partial charge in [0.2, 0.25) is 5.91 Å². The highest BCUT2D eigenvalue weighted by molar-refractivity contribution is 7.99. The summed E-state index contributed by atoms with van der Waals surface area (Å²) < 4.78 is 0. The standard InChI is InChI=1S/C23H21Cl2NOS/c24-21-12-11-20(13-22(21)25)16-28-17-23(27)26(14-18-7-3-1-4-8-18)15-19-9-5-2-6-10-19/h1-13H,14-17H2. The lowest BCUT2D eigenvalue weighted by Crippen LogP contribution is -2.31. The van der Waals surface area contributed by atoms with Crippen molar-refractivity contribution in [3.8, 4) is 0 Å². The first-order chi connectivity index (χ1) is 13.6. The van der Waals surface area contributed by atoms with Gasteiger partial charge in [-0.05, 0) is 28.8 Å². The van der Waals surface area contributed by atoms with E-state index in [9.17, 15) is 4.79 Å². The van der Waals surface area contributed by atoms with E-state index in [1.165, 1.54) is 0 Å². The van der Waals surface area contributed by atoms with Crippen LogP contribution < -0.4 is 0 Å². The van der Waals surface area contributed by atoms with Crippen LogP contribution in [-0.2, 0) is 23.6 Å². The van der Waals surface area contributed by atoms with E-state index in [4.69, 9.17) is 23.2 Å². The van der Waals surface area contributed by atoms with E-state index in [0.717, 1.165) is 16.7 Å². The van der Waals surface area contributed by atoms with E-state index in [1.54, 1.807) is 17.8 Å². The topological polar surface area (TPSA) is 20.3 Å². The zero-order chi connectivity index (χ0) is 19.8. The molecule has 28 heavy (non-hydrogen) atoms. The van der Waals surface area contributed by atoms with Gasteiger partial charge in [0.25, 0.3) is 0 Å². The number of carbonyl (C=O) groups excluding carboxylic acids is 1. The predicted octanol–water partition coefficient (Wildman–Crippen LogP) is 6.46. The third-order valence-electron chi connectivity index (χ3n) is 4.26. The fraction of sp³-hybridized carbons (Fsp3) is 0.174. The molecule has 3 aromatic rings. The van der Waals surface area contributed by atoms with Crippen molar-refractivity contribution in [3.05, 3.63) is 106 Å². The molecule has 0 saturated heterocycles. The number of benzene rings is 3. The van der Waals surface area contributed by atoms with Crippen LogP contribution in [0.1, 0.15) is 16.7 Å². The van der Waals surface area contributed by atoms with E-state index < -0.39 is 0 Å². The van der Waals surface area contributed by atoms with Crippen molar-refractivity contribution in [1.29, 1.82) is 0 Å². The quantitative estimate of drug-likeness (QED) is 0.409. The van der Waals surface area contributed by atoms with Gasteiger partial charge in [0.05, 0.1) is 15.8 Å². The molecule has 0 radical (unpaired) electrons. The molecule has 144 valence electrons. The van der Waals surface area contributed by atoms with Crippen LogP contribution in [0.25, 0.3) is 0 Å². The number of nitrogens with zero attached hydrogens (tertiary/aromatic N) is 1. The molecule has 3 rings (SSSR count). The average Bonchev–Trinajstić information content (AvgIpc) is 2.71. The molecule has 0 unspecified atom stereocenters. The third-order valence-corrected chi connectivity index (χ3v) is 5.99. The average molecular weight is 430 g/mol. The molecule has 0 N–H and O–H groups in total. The molecule has 2 nitrogen and oxygen atoms in total. The molecule has 0 spiro atoms. The minimum absolute atomic E-state index is 0.123. The summed E-state index contributed by atoms with van der Waals surface area (Å²) in [6.45, 7) is 1.20. The van der Waals surface area contributed by atoms with E-state index in [2.05, 4.69) is 0 Å². The number of hydrogen-bond donors (Lipinski definition) is 0. The SMILES string of the molecule is O=C(CSCc1ccc(Cl)c(Cl)c1)N(Cc1ccccc1)Cc1ccccc1. The maximum absolute atomic E-state index is 12.9. The third kappa shape index (κ3) is 6.30. The lowest BCUT2D eigenvalue weighted by atomic mass is 10.1. The Morgan fingerprint density at radius 2 is 1.32 bits per heavy atom. The second-order valence-electron chi connectivity index (χ2n) is 6.46. The van der Waals surface area contributed by atoms with Crippen LogP contribution in [-0.4, -0.2) is 16.6 Å². The molecule has 0 aliphatic rings. The van der Waals surface area contributed by atoms with Gasteiger partial charge in [0, 0.05) is 18.8 Å². The molecule has 0 saturated carbocycles. The number of thioether (sulfide) groups is 1. The van der Waals surface area contributed by atoms with Crippen molar-refractivity contribution in [2.45, 2.75) is 18.8 Å². The van der Waals surface area contributed by atoms with Gasteiger partial charge in [-0.1, -0.05) is 89.9 Å². The Bertz CT molecular complexity index is 861. The summed E-state index contributed by atoms with van der Waals surface area (Å²) in [6, 6.07) is 25.8. The summed E-state index contributed by atoms with van der Waals surface area (Å²) in [5, 5.41) is 1.09. The first-order valence-corrected chi connectivity index (χ1v) is 10.9. The molecule has 5 heteroatoms. The van der Waals surface area contributed by atoms with Gasteiger partial charge in [-0.15, -0.1) is 11.8 Å². The molecular formula is C23H21Cl2NOS. The Hall–Kier alpha value is -1.94. The van der Waals surface area contributed by atoms with E-state index >= 15 is 0 Å². The molecule has 0 bridgehead atoms. The van der Waals surface area contributed by atoms with Crippen molar-refractivity contribution in [3.63, 3.8) is 0 Å². The summed E-state index contributed by atoms with van der Waals surface area (Å²) in [4.78, 5) is 14.8. The van der Waals surface area contributed by atoms with Gasteiger partial charge >= 0.3 is 0 Å². The van der Waals surface area contributed by atoms with Crippen LogP contribution in [0, 0.1) is 0 Å². The van der Waals surface area contributed by atoms with Crippen molar-refractivity contribution >= 4 is 40.9 Å². The number of carbonyl (C=O) groups is 1. The Morgan fingerprint density at radius 3 is 1.86 bits per heavy atom. The fourth-order valence-electron chi connectivity index (χ4n) is 2.82. The molecule has 0 aromatic heterocycles. The molecule has 0 fully saturated rings. The maximum Gasteiger partial charge on any atom is 0.233 e. The number of halogens is 2. The highest BCUT2D eigenvalue weighted by Crippen LogP contribution is 2.25. The van der Waals surface area contributed by atoms with Gasteiger partial charge in [-0.2, -0.15) is 0 Å². The van der Waals surface area contributed by atoms with Crippen molar-refractivity contribution < 1.29 is 4.79 Å². The second-order valence-corrected chi connectivity index (χ2v) is 8.26. The molecule has 0 heterocycles. The Morgan fingerprint density at radius 1 is 0.750 bits per heavy atom. The van der Waals surface area contributed by atoms with Gasteiger partial charge in [0.15, 0.2) is 0 Å². The minimum atomic E-state index is 0.123. The molecule has 3 aromatic carbocycles. The monoisotopic (exact) mass is 429 g/mol. The second kappa shape index (κ2) is 10.6. The van der Waals surface area contributed by atoms with Crippen molar-refractivity contribution in [2.75, 3.05) is 5.75 Å². The normalized spacial score (nSPS) is 10.6. The number of hydrogen-bond acceptors (Lipinski definition) is 2. The smallest absolute Gasteiger partial charge is 0.233 e. The lowest BCUT2D eigenvalue weighted by Gasteiger charge is -2.23. The van der Waals surface area contributed by atoms with Crippen molar-refractivity contribution in [1.82, 2.24) is 4.90 Å². The van der Waals surface area contributed by atoms with E-state index in [0.29, 0.717) is 34.6 Å². The van der Waals surface area contributed by atoms with Gasteiger partial charge < -0.3 is 4.90 Å². The summed E-state index contributed by atoms with van der Waals surface area (Å²) in [6.07, 6.45) is 0. The number of rotatable bonds is 8. The summed E-state index contributed by atoms with van der Waals surface area (Å²) in [7, 11) is 0. The van der Waals surface area contributed by atoms with Crippen LogP contribution in [0.4, 0.5) is 0 Å². The molecule has 0 aliphatic carbocycles. The molecule has 0 atom stereocenters. The predicted molar refractivity (Wildman–Crippen MR) is 120 cm³/mol. The molecule has 1 amide bonds. The maximum atomic E-state index is 12.9. The van der Waals surface area contributed by atoms with E-state index in [1.807, 2.05) is 77.7 Å². The first kappa shape index (κ1) is 20.8. The highest BCUT2D eigenvalue weighted by atomic mass is 35.5. The van der Waals surface area contributed by atoms with Crippen LogP contribution in [0.5, 0.6) is 0 Å². The van der Waals surface area contributed by atoms with E-state index in [-0.39, 0.29) is 5.91 Å². The zero-order valence-corrected chi connectivity index (χ0v) is 17.7. The van der Waals surface area contributed by atoms with Crippen LogP contribution >= 0.6 is 35.0 Å². The Kier molecular flexibility index (Phi) is 7.84. The molecular weight excluding hydrogens is 409 g/mol. The first-order valence-electron chi connectivity index (χ1n) is 8.99. The fourth-order valence-corrected chi connectivity index (χ4v) is 4.01. The van der Waals surface area contributed by atoms with Gasteiger partial charge in [-0.3, -0.25) is 4.79 Å². The highest BCUT2D eigenvalue weighted by Gasteiger charge is 2.15. The van der Waals surface area contributed by atoms with Crippen LogP contribution in [0.15, 0.2) is 78.9 Å². The lowest BCUT2D eigenvalue weighted by molar-refractivity contribution is -0.129. The summed E-state index contributed by atoms with van der Waals surface area (Å²) in [5.41, 5.74) is 3.31. The van der Waals surface area contributed by atoms with Crippen molar-refractivity contribution in [2.24, 2.45) is 0 Å². The Labute approximate surface area is 180 Å². The largest absolute Gasteiger partial charge is 0.333 e. The minimum Gasteiger partial charge on any atom is -0.333 e. The van der Waals surface area contributed by atoms with Gasteiger partial charge in [0.1, 0.15) is 0 Å². The van der Waals surface area contributed by atoms with Gasteiger partial charge in [-0.25, -0.2) is 0 Å². The molecule has 0 aliphatic heterocycles. The Balaban J connectivity index is 1.62.